The molecule has 0 aliphatic rings. The third-order valence-electron chi connectivity index (χ3n) is 3.07. The fourth-order valence-corrected chi connectivity index (χ4v) is 3.19. The number of amides is 1. The van der Waals surface area contributed by atoms with Crippen LogP contribution >= 0.6 is 11.3 Å². The predicted octanol–water partition coefficient (Wildman–Crippen LogP) is 1.90. The first kappa shape index (κ1) is 17.9. The van der Waals surface area contributed by atoms with Crippen molar-refractivity contribution in [3.8, 4) is 0 Å². The Kier molecular flexibility index (Phi) is 5.52. The number of nitro groups is 1. The van der Waals surface area contributed by atoms with Crippen molar-refractivity contribution in [2.45, 2.75) is 4.90 Å². The van der Waals surface area contributed by atoms with E-state index < -0.39 is 14.8 Å². The van der Waals surface area contributed by atoms with Crippen molar-refractivity contribution in [2.75, 3.05) is 24.7 Å². The molecule has 10 heteroatoms. The highest BCUT2D eigenvalue weighted by Gasteiger charge is 2.18. The van der Waals surface area contributed by atoms with Crippen molar-refractivity contribution in [1.29, 1.82) is 0 Å². The van der Waals surface area contributed by atoms with E-state index in [1.165, 1.54) is 23.5 Å². The third-order valence-corrected chi connectivity index (χ3v) is 5.04. The summed E-state index contributed by atoms with van der Waals surface area (Å²) in [4.78, 5) is 22.7. The number of carbonyl (C=O) groups excluding carboxylic acids is 1. The van der Waals surface area contributed by atoms with Crippen LogP contribution in [0.4, 0.5) is 11.4 Å². The maximum Gasteiger partial charge on any atom is 0.293 e. The molecular formula is C14H15N3O5S2. The summed E-state index contributed by atoms with van der Waals surface area (Å²) in [5, 5.41) is 18.4. The SMILES string of the molecule is CS(=O)(=O)c1ccc(NCCNC(=O)c2cccs2)c([N+](=O)[O-])c1. The van der Waals surface area contributed by atoms with Crippen LogP contribution in [0.25, 0.3) is 0 Å². The van der Waals surface area contributed by atoms with Crippen LogP contribution in [0, 0.1) is 10.1 Å². The molecule has 2 N–H and O–H groups in total. The van der Waals surface area contributed by atoms with Crippen LogP contribution in [0.1, 0.15) is 9.67 Å². The molecule has 1 aromatic heterocycles. The van der Waals surface area contributed by atoms with E-state index in [1.807, 2.05) is 0 Å². The quantitative estimate of drug-likeness (QED) is 0.437. The molecule has 2 aromatic rings. The second-order valence-corrected chi connectivity index (χ2v) is 7.83. The van der Waals surface area contributed by atoms with Crippen molar-refractivity contribution in [3.63, 3.8) is 0 Å². The summed E-state index contributed by atoms with van der Waals surface area (Å²) in [7, 11) is -3.53. The number of thiophene rings is 1. The Labute approximate surface area is 142 Å². The van der Waals surface area contributed by atoms with Gasteiger partial charge in [0, 0.05) is 25.4 Å². The molecule has 0 aliphatic heterocycles. The summed E-state index contributed by atoms with van der Waals surface area (Å²) in [6, 6.07) is 7.12. The van der Waals surface area contributed by atoms with Crippen LogP contribution < -0.4 is 10.6 Å². The molecule has 0 fully saturated rings. The average molecular weight is 369 g/mol. The molecule has 128 valence electrons. The second kappa shape index (κ2) is 7.41. The number of carbonyl (C=O) groups is 1. The maximum absolute atomic E-state index is 11.7. The van der Waals surface area contributed by atoms with Crippen LogP contribution in [0.15, 0.2) is 40.6 Å². The molecule has 2 rings (SSSR count). The van der Waals surface area contributed by atoms with E-state index in [0.717, 1.165) is 12.3 Å². The Morgan fingerprint density at radius 1 is 1.29 bits per heavy atom. The minimum Gasteiger partial charge on any atom is -0.378 e. The van der Waals surface area contributed by atoms with Gasteiger partial charge in [-0.1, -0.05) is 6.07 Å². The second-order valence-electron chi connectivity index (χ2n) is 4.87. The van der Waals surface area contributed by atoms with Gasteiger partial charge < -0.3 is 10.6 Å². The van der Waals surface area contributed by atoms with E-state index in [1.54, 1.807) is 17.5 Å². The van der Waals surface area contributed by atoms with E-state index in [9.17, 15) is 23.3 Å². The van der Waals surface area contributed by atoms with Gasteiger partial charge in [-0.05, 0) is 23.6 Å². The van der Waals surface area contributed by atoms with Crippen molar-refractivity contribution in [2.24, 2.45) is 0 Å². The maximum atomic E-state index is 11.7. The van der Waals surface area contributed by atoms with Gasteiger partial charge in [0.1, 0.15) is 5.69 Å². The standard InChI is InChI=1S/C14H15N3O5S2/c1-24(21,22)10-4-5-11(12(9-10)17(19)20)15-6-7-16-14(18)13-3-2-8-23-13/h2-5,8-9,15H,6-7H2,1H3,(H,16,18). The summed E-state index contributed by atoms with van der Waals surface area (Å²) in [5.74, 6) is -0.214. The molecular weight excluding hydrogens is 354 g/mol. The van der Waals surface area contributed by atoms with Crippen molar-refractivity contribution >= 4 is 38.5 Å². The normalized spacial score (nSPS) is 11.0. The Balaban J connectivity index is 1.99. The topological polar surface area (TPSA) is 118 Å². The molecule has 0 saturated heterocycles. The average Bonchev–Trinajstić information content (AvgIpc) is 3.04. The van der Waals surface area contributed by atoms with Gasteiger partial charge in [-0.25, -0.2) is 8.42 Å². The molecule has 8 nitrogen and oxygen atoms in total. The first-order valence-electron chi connectivity index (χ1n) is 6.83. The zero-order chi connectivity index (χ0) is 17.7. The van der Waals surface area contributed by atoms with Gasteiger partial charge in [-0.15, -0.1) is 11.3 Å². The van der Waals surface area contributed by atoms with Crippen LogP contribution in [-0.4, -0.2) is 38.6 Å². The number of rotatable bonds is 7. The van der Waals surface area contributed by atoms with Gasteiger partial charge in [0.05, 0.1) is 14.7 Å². The number of nitrogens with zero attached hydrogens (tertiary/aromatic N) is 1. The van der Waals surface area contributed by atoms with Gasteiger partial charge in [0.15, 0.2) is 9.84 Å². The summed E-state index contributed by atoms with van der Waals surface area (Å²) in [6.45, 7) is 0.526. The van der Waals surface area contributed by atoms with Crippen molar-refractivity contribution < 1.29 is 18.1 Å². The molecule has 0 saturated carbocycles. The minimum absolute atomic E-state index is 0.120. The van der Waals surface area contributed by atoms with Crippen LogP contribution in [-0.2, 0) is 9.84 Å². The minimum atomic E-state index is -3.53. The first-order valence-corrected chi connectivity index (χ1v) is 9.60. The van der Waals surface area contributed by atoms with Gasteiger partial charge in [-0.3, -0.25) is 14.9 Å². The summed E-state index contributed by atoms with van der Waals surface area (Å²) < 4.78 is 23.0. The van der Waals surface area contributed by atoms with E-state index in [2.05, 4.69) is 10.6 Å². The summed E-state index contributed by atoms with van der Waals surface area (Å²) in [5.41, 5.74) is -0.139. The molecule has 1 heterocycles. The Hall–Kier alpha value is -2.46. The lowest BCUT2D eigenvalue weighted by Crippen LogP contribution is -2.28. The van der Waals surface area contributed by atoms with E-state index in [0.29, 0.717) is 4.88 Å². The highest BCUT2D eigenvalue weighted by Crippen LogP contribution is 2.27. The number of benzene rings is 1. The molecule has 24 heavy (non-hydrogen) atoms. The fourth-order valence-electron chi connectivity index (χ4n) is 1.91. The number of anilines is 1. The number of nitro benzene ring substituents is 1. The van der Waals surface area contributed by atoms with E-state index >= 15 is 0 Å². The Morgan fingerprint density at radius 3 is 2.62 bits per heavy atom. The molecule has 0 spiro atoms. The zero-order valence-corrected chi connectivity index (χ0v) is 14.3. The molecule has 0 aliphatic carbocycles. The number of hydrogen-bond donors (Lipinski definition) is 2. The molecule has 0 unspecified atom stereocenters. The van der Waals surface area contributed by atoms with Gasteiger partial charge in [-0.2, -0.15) is 0 Å². The Morgan fingerprint density at radius 2 is 2.04 bits per heavy atom. The highest BCUT2D eigenvalue weighted by molar-refractivity contribution is 7.90. The van der Waals surface area contributed by atoms with E-state index in [4.69, 9.17) is 0 Å². The molecule has 1 aromatic carbocycles. The van der Waals surface area contributed by atoms with Crippen LogP contribution in [0.5, 0.6) is 0 Å². The zero-order valence-electron chi connectivity index (χ0n) is 12.7. The van der Waals surface area contributed by atoms with Gasteiger partial charge in [0.2, 0.25) is 0 Å². The molecule has 0 atom stereocenters. The van der Waals surface area contributed by atoms with Crippen molar-refractivity contribution in [3.05, 3.63) is 50.7 Å². The summed E-state index contributed by atoms with van der Waals surface area (Å²) >= 11 is 1.32. The largest absolute Gasteiger partial charge is 0.378 e. The lowest BCUT2D eigenvalue weighted by Gasteiger charge is -2.09. The predicted molar refractivity (Wildman–Crippen MR) is 91.3 cm³/mol. The summed E-state index contributed by atoms with van der Waals surface area (Å²) in [6.07, 6.45) is 0.985. The van der Waals surface area contributed by atoms with Crippen molar-refractivity contribution in [1.82, 2.24) is 5.32 Å². The van der Waals surface area contributed by atoms with Gasteiger partial charge >= 0.3 is 0 Å². The first-order chi connectivity index (χ1) is 11.3. The third kappa shape index (κ3) is 4.52. The molecule has 0 radical (unpaired) electrons. The smallest absolute Gasteiger partial charge is 0.293 e. The van der Waals surface area contributed by atoms with Crippen LogP contribution in [0.3, 0.4) is 0 Å². The lowest BCUT2D eigenvalue weighted by molar-refractivity contribution is -0.384. The van der Waals surface area contributed by atoms with E-state index in [-0.39, 0.29) is 35.3 Å². The lowest BCUT2D eigenvalue weighted by atomic mass is 10.2. The fraction of sp³-hybridized carbons (Fsp3) is 0.214. The van der Waals surface area contributed by atoms with Crippen LogP contribution in [0.2, 0.25) is 0 Å². The Bertz CT molecular complexity index is 847. The highest BCUT2D eigenvalue weighted by atomic mass is 32.2. The number of hydrogen-bond acceptors (Lipinski definition) is 7. The monoisotopic (exact) mass is 369 g/mol. The van der Waals surface area contributed by atoms with Gasteiger partial charge in [0.25, 0.3) is 11.6 Å². The molecule has 0 bridgehead atoms. The number of sulfone groups is 1. The molecule has 1 amide bonds. The number of nitrogens with one attached hydrogen (secondary N) is 2.